The van der Waals surface area contributed by atoms with Crippen LogP contribution in [0.15, 0.2) is 11.1 Å². The Morgan fingerprint density at radius 3 is 1.52 bits per heavy atom. The van der Waals surface area contributed by atoms with Crippen LogP contribution in [-0.2, 0) is 17.8 Å². The second-order valence-electron chi connectivity index (χ2n) is 8.79. The summed E-state index contributed by atoms with van der Waals surface area (Å²) in [5, 5.41) is 18.5. The van der Waals surface area contributed by atoms with Crippen molar-refractivity contribution in [3.05, 3.63) is 11.1 Å². The molecule has 0 saturated heterocycles. The van der Waals surface area contributed by atoms with Crippen molar-refractivity contribution in [1.29, 1.82) is 0 Å². The van der Waals surface area contributed by atoms with Crippen molar-refractivity contribution in [3.8, 4) is 0 Å². The standard InChI is InChI=1S/C17H38O6Si4/c1-26(2,3)22-24-11-7-9-14(15(17(20)21)13-16(18)19)10-8-12-25-23-27(4,5)6/h7-13,24-25H2,1-6H3,(H,18,19)(H,20,21). The summed E-state index contributed by atoms with van der Waals surface area (Å²) >= 11 is 0. The monoisotopic (exact) mass is 450 g/mol. The van der Waals surface area contributed by atoms with E-state index in [0.29, 0.717) is 12.8 Å². The van der Waals surface area contributed by atoms with Crippen molar-refractivity contribution in [2.45, 2.75) is 83.5 Å². The summed E-state index contributed by atoms with van der Waals surface area (Å²) < 4.78 is 11.9. The average Bonchev–Trinajstić information content (AvgIpc) is 2.47. The number of hydrogen-bond donors (Lipinski definition) is 2. The maximum absolute atomic E-state index is 11.6. The molecule has 10 heteroatoms. The fourth-order valence-corrected chi connectivity index (χ4v) is 9.53. The van der Waals surface area contributed by atoms with E-state index in [1.807, 2.05) is 0 Å². The first-order valence-electron chi connectivity index (χ1n) is 9.76. The van der Waals surface area contributed by atoms with Gasteiger partial charge in [-0.2, -0.15) is 0 Å². The van der Waals surface area contributed by atoms with Gasteiger partial charge in [0.1, 0.15) is 19.5 Å². The molecule has 0 aromatic carbocycles. The molecule has 0 atom stereocenters. The number of carboxylic acids is 2. The largest absolute Gasteiger partial charge is 0.481 e. The second kappa shape index (κ2) is 12.8. The highest BCUT2D eigenvalue weighted by Gasteiger charge is 2.18. The predicted molar refractivity (Wildman–Crippen MR) is 121 cm³/mol. The molecule has 0 aliphatic heterocycles. The van der Waals surface area contributed by atoms with Crippen molar-refractivity contribution >= 4 is 48.1 Å². The summed E-state index contributed by atoms with van der Waals surface area (Å²) in [6.45, 7) is 13.0. The molecule has 0 fully saturated rings. The molecule has 0 spiro atoms. The van der Waals surface area contributed by atoms with E-state index in [1.54, 1.807) is 0 Å². The van der Waals surface area contributed by atoms with Crippen LogP contribution in [0, 0.1) is 0 Å². The zero-order chi connectivity index (χ0) is 21.1. The fraction of sp³-hybridized carbons (Fsp3) is 0.765. The summed E-state index contributed by atoms with van der Waals surface area (Å²) in [5.74, 6) is -2.18. The summed E-state index contributed by atoms with van der Waals surface area (Å²) in [6.07, 6.45) is 2.67. The van der Waals surface area contributed by atoms with Crippen LogP contribution in [0.1, 0.15) is 32.1 Å². The minimum atomic E-state index is -1.47. The van der Waals surface area contributed by atoms with E-state index in [-0.39, 0.29) is 5.57 Å². The maximum Gasteiger partial charge on any atom is 0.332 e. The van der Waals surface area contributed by atoms with E-state index in [1.165, 1.54) is 0 Å². The molecule has 6 nitrogen and oxygen atoms in total. The molecule has 0 aromatic heterocycles. The topological polar surface area (TPSA) is 93.1 Å². The predicted octanol–water partition coefficient (Wildman–Crippen LogP) is 3.11. The van der Waals surface area contributed by atoms with Gasteiger partial charge in [0.15, 0.2) is 16.6 Å². The van der Waals surface area contributed by atoms with Crippen molar-refractivity contribution in [2.24, 2.45) is 0 Å². The van der Waals surface area contributed by atoms with Gasteiger partial charge in [-0.15, -0.1) is 0 Å². The van der Waals surface area contributed by atoms with Crippen LogP contribution in [0.3, 0.4) is 0 Å². The zero-order valence-electron chi connectivity index (χ0n) is 17.9. The lowest BCUT2D eigenvalue weighted by Gasteiger charge is -2.18. The first-order chi connectivity index (χ1) is 12.3. The molecule has 0 radical (unpaired) electrons. The second-order valence-corrected chi connectivity index (χ2v) is 21.8. The van der Waals surface area contributed by atoms with E-state index in [0.717, 1.165) is 30.5 Å². The van der Waals surface area contributed by atoms with Crippen LogP contribution in [0.2, 0.25) is 51.4 Å². The van der Waals surface area contributed by atoms with Crippen LogP contribution < -0.4 is 0 Å². The number of rotatable bonds is 15. The average molecular weight is 451 g/mol. The van der Waals surface area contributed by atoms with Crippen LogP contribution in [0.25, 0.3) is 0 Å². The number of aliphatic carboxylic acids is 2. The number of carboxylic acid groups (broad SMARTS) is 2. The zero-order valence-corrected chi connectivity index (χ0v) is 22.7. The maximum atomic E-state index is 11.6. The molecule has 0 saturated carbocycles. The Balaban J connectivity index is 4.75. The van der Waals surface area contributed by atoms with Gasteiger partial charge in [0.05, 0.1) is 6.42 Å². The van der Waals surface area contributed by atoms with Gasteiger partial charge < -0.3 is 18.4 Å². The lowest BCUT2D eigenvalue weighted by Crippen LogP contribution is -2.27. The fourth-order valence-electron chi connectivity index (χ4n) is 2.57. The van der Waals surface area contributed by atoms with Crippen LogP contribution in [-0.4, -0.2) is 58.3 Å². The Bertz CT molecular complexity index is 483. The van der Waals surface area contributed by atoms with Gasteiger partial charge in [-0.3, -0.25) is 4.79 Å². The Morgan fingerprint density at radius 2 is 1.22 bits per heavy atom. The van der Waals surface area contributed by atoms with Crippen molar-refractivity contribution < 1.29 is 28.0 Å². The van der Waals surface area contributed by atoms with Gasteiger partial charge in [0.25, 0.3) is 0 Å². The van der Waals surface area contributed by atoms with Gasteiger partial charge in [-0.1, -0.05) is 18.4 Å². The van der Waals surface area contributed by atoms with Crippen molar-refractivity contribution in [1.82, 2.24) is 0 Å². The summed E-state index contributed by atoms with van der Waals surface area (Å²) in [6, 6.07) is 2.00. The molecule has 0 bridgehead atoms. The Morgan fingerprint density at radius 1 is 0.815 bits per heavy atom. The van der Waals surface area contributed by atoms with Gasteiger partial charge >= 0.3 is 11.9 Å². The lowest BCUT2D eigenvalue weighted by atomic mass is 9.97. The molecule has 0 aliphatic carbocycles. The van der Waals surface area contributed by atoms with Gasteiger partial charge in [0.2, 0.25) is 0 Å². The third kappa shape index (κ3) is 16.2. The molecular weight excluding hydrogens is 413 g/mol. The molecule has 0 amide bonds. The Hall–Kier alpha value is -0.532. The van der Waals surface area contributed by atoms with Gasteiger partial charge in [-0.25, -0.2) is 4.79 Å². The van der Waals surface area contributed by atoms with E-state index in [2.05, 4.69) is 39.3 Å². The van der Waals surface area contributed by atoms with E-state index in [4.69, 9.17) is 13.3 Å². The highest BCUT2D eigenvalue weighted by Crippen LogP contribution is 2.23. The molecule has 27 heavy (non-hydrogen) atoms. The van der Waals surface area contributed by atoms with Crippen LogP contribution in [0.4, 0.5) is 0 Å². The smallest absolute Gasteiger partial charge is 0.332 e. The van der Waals surface area contributed by atoms with Crippen molar-refractivity contribution in [2.75, 3.05) is 0 Å². The number of hydrogen-bond acceptors (Lipinski definition) is 4. The first-order valence-corrected chi connectivity index (χ1v) is 19.7. The molecule has 0 unspecified atom stereocenters. The quantitative estimate of drug-likeness (QED) is 0.226. The third-order valence-corrected chi connectivity index (χ3v) is 14.0. The summed E-state index contributed by atoms with van der Waals surface area (Å²) in [4.78, 5) is 22.7. The molecule has 0 heterocycles. The summed E-state index contributed by atoms with van der Waals surface area (Å²) in [5.41, 5.74) is 0.872. The highest BCUT2D eigenvalue weighted by atomic mass is 28.4. The van der Waals surface area contributed by atoms with E-state index < -0.39 is 54.5 Å². The molecule has 158 valence electrons. The van der Waals surface area contributed by atoms with Crippen LogP contribution >= 0.6 is 0 Å². The third-order valence-electron chi connectivity index (χ3n) is 3.83. The minimum absolute atomic E-state index is 0.0723. The minimum Gasteiger partial charge on any atom is -0.481 e. The normalized spacial score (nSPS) is 13.0. The van der Waals surface area contributed by atoms with Crippen LogP contribution in [0.5, 0.6) is 0 Å². The highest BCUT2D eigenvalue weighted by molar-refractivity contribution is 6.74. The summed E-state index contributed by atoms with van der Waals surface area (Å²) in [7, 11) is -4.10. The van der Waals surface area contributed by atoms with E-state index >= 15 is 0 Å². The van der Waals surface area contributed by atoms with Gasteiger partial charge in [0, 0.05) is 5.57 Å². The number of carbonyl (C=O) groups is 2. The lowest BCUT2D eigenvalue weighted by molar-refractivity contribution is -0.139. The Kier molecular flexibility index (Phi) is 12.6. The SMILES string of the molecule is C[Si](C)(C)O[SiH2]CCCC(CCC[SiH2]O[Si](C)(C)C)=C(CC(=O)O)C(=O)O. The molecule has 2 N–H and O–H groups in total. The Labute approximate surface area is 170 Å². The first kappa shape index (κ1) is 26.5. The number of allylic oxidation sites excluding steroid dienone is 1. The molecule has 0 aromatic rings. The van der Waals surface area contributed by atoms with E-state index in [9.17, 15) is 14.7 Å². The molecule has 0 rings (SSSR count). The van der Waals surface area contributed by atoms with Gasteiger partial charge in [-0.05, 0) is 64.2 Å². The molecular formula is C17H38O6Si4. The van der Waals surface area contributed by atoms with Crippen molar-refractivity contribution in [3.63, 3.8) is 0 Å². The molecule has 0 aliphatic rings.